The maximum Gasteiger partial charge on any atom is 0.161 e. The number of hydrogen-bond acceptors (Lipinski definition) is 5. The van der Waals surface area contributed by atoms with Crippen molar-refractivity contribution in [1.29, 1.82) is 0 Å². The number of benzene rings is 1. The number of rotatable bonds is 4. The Kier molecular flexibility index (Phi) is 4.63. The molecule has 1 saturated heterocycles. The van der Waals surface area contributed by atoms with E-state index in [1.807, 2.05) is 18.2 Å². The molecule has 0 amide bonds. The van der Waals surface area contributed by atoms with Crippen molar-refractivity contribution in [2.75, 3.05) is 40.0 Å². The number of likely N-dealkylation sites (tertiary alicyclic amines) is 1. The second-order valence-electron chi connectivity index (χ2n) is 5.77. The van der Waals surface area contributed by atoms with Crippen LogP contribution in [0.5, 0.6) is 11.5 Å². The topological polar surface area (TPSA) is 57.0 Å². The molecule has 0 spiro atoms. The molecule has 21 heavy (non-hydrogen) atoms. The Morgan fingerprint density at radius 3 is 2.95 bits per heavy atom. The quantitative estimate of drug-likeness (QED) is 0.913. The summed E-state index contributed by atoms with van der Waals surface area (Å²) in [6, 6.07) is 5.99. The Balaban J connectivity index is 1.63. The minimum Gasteiger partial charge on any atom is -0.486 e. The fourth-order valence-electron chi connectivity index (χ4n) is 3.05. The van der Waals surface area contributed by atoms with Crippen LogP contribution in [-0.2, 0) is 4.74 Å². The van der Waals surface area contributed by atoms with Gasteiger partial charge in [0.15, 0.2) is 11.5 Å². The van der Waals surface area contributed by atoms with Crippen molar-refractivity contribution in [2.45, 2.75) is 25.0 Å². The Bertz CT molecular complexity index is 481. The maximum atomic E-state index is 6.37. The number of fused-ring (bicyclic) bond motifs is 1. The molecule has 2 heterocycles. The zero-order valence-electron chi connectivity index (χ0n) is 12.6. The van der Waals surface area contributed by atoms with Gasteiger partial charge in [0.2, 0.25) is 0 Å². The van der Waals surface area contributed by atoms with E-state index < -0.39 is 0 Å². The highest BCUT2D eigenvalue weighted by Crippen LogP contribution is 2.32. The van der Waals surface area contributed by atoms with Crippen LogP contribution in [-0.4, -0.2) is 51.0 Å². The number of methoxy groups -OCH3 is 1. The molecule has 2 atom stereocenters. The third-order valence-electron chi connectivity index (χ3n) is 4.24. The van der Waals surface area contributed by atoms with Crippen LogP contribution in [0.15, 0.2) is 18.2 Å². The average Bonchev–Trinajstić information content (AvgIpc) is 2.54. The van der Waals surface area contributed by atoms with Gasteiger partial charge in [0.1, 0.15) is 13.2 Å². The monoisotopic (exact) mass is 292 g/mol. The minimum atomic E-state index is -0.0172. The predicted octanol–water partition coefficient (Wildman–Crippen LogP) is 1.57. The SMILES string of the molecule is COC1CCCN(CC(N)c2ccc3c(c2)OCCO3)C1. The van der Waals surface area contributed by atoms with E-state index in [1.54, 1.807) is 7.11 Å². The van der Waals surface area contributed by atoms with Crippen LogP contribution in [0.3, 0.4) is 0 Å². The molecule has 2 unspecified atom stereocenters. The first-order valence-corrected chi connectivity index (χ1v) is 7.66. The highest BCUT2D eigenvalue weighted by atomic mass is 16.6. The summed E-state index contributed by atoms with van der Waals surface area (Å²) in [7, 11) is 1.79. The lowest BCUT2D eigenvalue weighted by molar-refractivity contribution is 0.0294. The van der Waals surface area contributed by atoms with Gasteiger partial charge in [-0.15, -0.1) is 0 Å². The zero-order valence-corrected chi connectivity index (χ0v) is 12.6. The Morgan fingerprint density at radius 1 is 1.33 bits per heavy atom. The fraction of sp³-hybridized carbons (Fsp3) is 0.625. The minimum absolute atomic E-state index is 0.0172. The number of ether oxygens (including phenoxy) is 3. The second-order valence-corrected chi connectivity index (χ2v) is 5.77. The van der Waals surface area contributed by atoms with E-state index in [0.717, 1.165) is 43.1 Å². The van der Waals surface area contributed by atoms with Crippen molar-refractivity contribution < 1.29 is 14.2 Å². The molecule has 0 aliphatic carbocycles. The second kappa shape index (κ2) is 6.64. The maximum absolute atomic E-state index is 6.37. The van der Waals surface area contributed by atoms with Crippen LogP contribution in [0, 0.1) is 0 Å². The molecule has 0 radical (unpaired) electrons. The van der Waals surface area contributed by atoms with Gasteiger partial charge in [-0.2, -0.15) is 0 Å². The third-order valence-corrected chi connectivity index (χ3v) is 4.24. The molecule has 2 aliphatic rings. The molecule has 1 aromatic rings. The lowest BCUT2D eigenvalue weighted by atomic mass is 10.0. The third kappa shape index (κ3) is 3.48. The van der Waals surface area contributed by atoms with E-state index in [4.69, 9.17) is 19.9 Å². The number of nitrogens with zero attached hydrogens (tertiary/aromatic N) is 1. The first-order valence-electron chi connectivity index (χ1n) is 7.66. The molecule has 2 N–H and O–H groups in total. The summed E-state index contributed by atoms with van der Waals surface area (Å²) < 4.78 is 16.6. The van der Waals surface area contributed by atoms with Crippen molar-refractivity contribution >= 4 is 0 Å². The average molecular weight is 292 g/mol. The summed E-state index contributed by atoms with van der Waals surface area (Å²) in [5, 5.41) is 0. The van der Waals surface area contributed by atoms with Crippen molar-refractivity contribution in [1.82, 2.24) is 4.90 Å². The molecule has 5 heteroatoms. The molecular weight excluding hydrogens is 268 g/mol. The van der Waals surface area contributed by atoms with Crippen molar-refractivity contribution in [3.05, 3.63) is 23.8 Å². The van der Waals surface area contributed by atoms with E-state index in [9.17, 15) is 0 Å². The molecule has 5 nitrogen and oxygen atoms in total. The van der Waals surface area contributed by atoms with E-state index in [-0.39, 0.29) is 6.04 Å². The summed E-state index contributed by atoms with van der Waals surface area (Å²) in [6.45, 7) is 4.13. The molecule has 1 fully saturated rings. The first-order chi connectivity index (χ1) is 10.3. The molecule has 0 aromatic heterocycles. The highest BCUT2D eigenvalue weighted by Gasteiger charge is 2.22. The molecule has 3 rings (SSSR count). The standard InChI is InChI=1S/C16H24N2O3/c1-19-13-3-2-6-18(10-13)11-14(17)12-4-5-15-16(9-12)21-8-7-20-15/h4-5,9,13-14H,2-3,6-8,10-11,17H2,1H3. The molecule has 1 aromatic carbocycles. The van der Waals surface area contributed by atoms with Crippen LogP contribution >= 0.6 is 0 Å². The van der Waals surface area contributed by atoms with Gasteiger partial charge in [0.05, 0.1) is 6.10 Å². The largest absolute Gasteiger partial charge is 0.486 e. The summed E-state index contributed by atoms with van der Waals surface area (Å²) in [5.41, 5.74) is 7.46. The van der Waals surface area contributed by atoms with Crippen LogP contribution in [0.1, 0.15) is 24.4 Å². The van der Waals surface area contributed by atoms with Gasteiger partial charge < -0.3 is 19.9 Å². The van der Waals surface area contributed by atoms with E-state index >= 15 is 0 Å². The number of nitrogens with two attached hydrogens (primary N) is 1. The molecule has 0 saturated carbocycles. The van der Waals surface area contributed by atoms with Crippen molar-refractivity contribution in [2.24, 2.45) is 5.73 Å². The van der Waals surface area contributed by atoms with Gasteiger partial charge in [-0.1, -0.05) is 6.07 Å². The zero-order chi connectivity index (χ0) is 14.7. The Hall–Kier alpha value is -1.30. The van der Waals surface area contributed by atoms with Crippen LogP contribution in [0.4, 0.5) is 0 Å². The van der Waals surface area contributed by atoms with Gasteiger partial charge >= 0.3 is 0 Å². The first kappa shape index (κ1) is 14.6. The molecule has 0 bridgehead atoms. The van der Waals surface area contributed by atoms with Gasteiger partial charge in [0.25, 0.3) is 0 Å². The van der Waals surface area contributed by atoms with Crippen LogP contribution < -0.4 is 15.2 Å². The predicted molar refractivity (Wildman–Crippen MR) is 80.8 cm³/mol. The van der Waals surface area contributed by atoms with Gasteiger partial charge in [-0.25, -0.2) is 0 Å². The molecule has 116 valence electrons. The van der Waals surface area contributed by atoms with Crippen LogP contribution in [0.25, 0.3) is 0 Å². The summed E-state index contributed by atoms with van der Waals surface area (Å²) in [6.07, 6.45) is 2.66. The fourth-order valence-corrected chi connectivity index (χ4v) is 3.05. The number of hydrogen-bond donors (Lipinski definition) is 1. The van der Waals surface area contributed by atoms with Crippen LogP contribution in [0.2, 0.25) is 0 Å². The van der Waals surface area contributed by atoms with E-state index in [2.05, 4.69) is 4.90 Å². The lowest BCUT2D eigenvalue weighted by Crippen LogP contribution is -2.42. The van der Waals surface area contributed by atoms with E-state index in [1.165, 1.54) is 6.42 Å². The lowest BCUT2D eigenvalue weighted by Gasteiger charge is -2.33. The van der Waals surface area contributed by atoms with E-state index in [0.29, 0.717) is 19.3 Å². The normalized spacial score (nSPS) is 23.8. The summed E-state index contributed by atoms with van der Waals surface area (Å²) in [5.74, 6) is 1.62. The van der Waals surface area contributed by atoms with Crippen molar-refractivity contribution in [3.8, 4) is 11.5 Å². The number of piperidine rings is 1. The Morgan fingerprint density at radius 2 is 2.14 bits per heavy atom. The molecular formula is C16H24N2O3. The molecule has 2 aliphatic heterocycles. The summed E-state index contributed by atoms with van der Waals surface area (Å²) >= 11 is 0. The smallest absolute Gasteiger partial charge is 0.161 e. The Labute approximate surface area is 126 Å². The van der Waals surface area contributed by atoms with Gasteiger partial charge in [0, 0.05) is 26.2 Å². The summed E-state index contributed by atoms with van der Waals surface area (Å²) in [4.78, 5) is 2.39. The van der Waals surface area contributed by atoms with Crippen molar-refractivity contribution in [3.63, 3.8) is 0 Å². The highest BCUT2D eigenvalue weighted by molar-refractivity contribution is 5.44. The van der Waals surface area contributed by atoms with Gasteiger partial charge in [-0.3, -0.25) is 4.90 Å². The van der Waals surface area contributed by atoms with Gasteiger partial charge in [-0.05, 0) is 37.1 Å².